The standard InChI is InChI=1S/C21H25FN6/c1-15-3-6-20(25-13-15)28-9-7-18(8-10-28)27-21(24-2)26-14-17-11-16(12-23)4-5-19(17)22/h3-6,11,13,18H,7-10,14H2,1-2H3,(H2,24,26,27). The summed E-state index contributed by atoms with van der Waals surface area (Å²) in [6, 6.07) is 10.8. The highest BCUT2D eigenvalue weighted by molar-refractivity contribution is 5.80. The van der Waals surface area contributed by atoms with Gasteiger partial charge < -0.3 is 15.5 Å². The minimum atomic E-state index is -0.333. The average Bonchev–Trinajstić information content (AvgIpc) is 2.73. The highest BCUT2D eigenvalue weighted by Gasteiger charge is 2.21. The molecular weight excluding hydrogens is 355 g/mol. The second-order valence-electron chi connectivity index (χ2n) is 6.94. The van der Waals surface area contributed by atoms with E-state index in [4.69, 9.17) is 5.26 Å². The quantitative estimate of drug-likeness (QED) is 0.630. The van der Waals surface area contributed by atoms with E-state index in [2.05, 4.69) is 37.6 Å². The molecule has 1 aliphatic heterocycles. The largest absolute Gasteiger partial charge is 0.356 e. The van der Waals surface area contributed by atoms with Crippen LogP contribution in [0.1, 0.15) is 29.5 Å². The number of benzene rings is 1. The number of piperidine rings is 1. The van der Waals surface area contributed by atoms with Crippen LogP contribution in [-0.2, 0) is 6.54 Å². The number of nitriles is 1. The number of pyridine rings is 1. The molecule has 0 unspecified atom stereocenters. The maximum absolute atomic E-state index is 13.9. The van der Waals surface area contributed by atoms with Gasteiger partial charge in [-0.1, -0.05) is 6.07 Å². The van der Waals surface area contributed by atoms with Crippen LogP contribution in [-0.4, -0.2) is 37.1 Å². The summed E-state index contributed by atoms with van der Waals surface area (Å²) < 4.78 is 13.9. The Balaban J connectivity index is 1.51. The van der Waals surface area contributed by atoms with Crippen LogP contribution in [0, 0.1) is 24.1 Å². The van der Waals surface area contributed by atoms with E-state index in [-0.39, 0.29) is 12.4 Å². The minimum absolute atomic E-state index is 0.271. The van der Waals surface area contributed by atoms with E-state index in [1.165, 1.54) is 12.1 Å². The van der Waals surface area contributed by atoms with Gasteiger partial charge >= 0.3 is 0 Å². The first kappa shape index (κ1) is 19.6. The number of aromatic nitrogens is 1. The van der Waals surface area contributed by atoms with Crippen LogP contribution in [0.4, 0.5) is 10.2 Å². The lowest BCUT2D eigenvalue weighted by Crippen LogP contribution is -2.48. The number of rotatable bonds is 4. The lowest BCUT2D eigenvalue weighted by molar-refractivity contribution is 0.459. The van der Waals surface area contributed by atoms with Gasteiger partial charge in [0.05, 0.1) is 11.6 Å². The number of aliphatic imine (C=N–C) groups is 1. The Labute approximate surface area is 165 Å². The van der Waals surface area contributed by atoms with Crippen molar-refractivity contribution in [1.82, 2.24) is 15.6 Å². The summed E-state index contributed by atoms with van der Waals surface area (Å²) in [7, 11) is 1.70. The molecule has 1 aliphatic rings. The number of nitrogens with one attached hydrogen (secondary N) is 2. The average molecular weight is 380 g/mol. The molecule has 1 fully saturated rings. The predicted molar refractivity (Wildman–Crippen MR) is 109 cm³/mol. The number of halogens is 1. The van der Waals surface area contributed by atoms with Crippen LogP contribution >= 0.6 is 0 Å². The number of nitrogens with zero attached hydrogens (tertiary/aromatic N) is 4. The molecule has 2 heterocycles. The van der Waals surface area contributed by atoms with Crippen LogP contribution in [0.15, 0.2) is 41.5 Å². The van der Waals surface area contributed by atoms with Crippen LogP contribution in [0.25, 0.3) is 0 Å². The molecule has 1 aromatic heterocycles. The van der Waals surface area contributed by atoms with Gasteiger partial charge in [0.1, 0.15) is 11.6 Å². The van der Waals surface area contributed by atoms with E-state index in [9.17, 15) is 4.39 Å². The lowest BCUT2D eigenvalue weighted by Gasteiger charge is -2.33. The number of hydrogen-bond donors (Lipinski definition) is 2. The van der Waals surface area contributed by atoms with Gasteiger partial charge in [0.25, 0.3) is 0 Å². The molecule has 1 saturated heterocycles. The Morgan fingerprint density at radius 1 is 1.32 bits per heavy atom. The Bertz CT molecular complexity index is 863. The molecule has 7 heteroatoms. The molecular formula is C21H25FN6. The van der Waals surface area contributed by atoms with Gasteiger partial charge in [-0.3, -0.25) is 4.99 Å². The van der Waals surface area contributed by atoms with Gasteiger partial charge in [-0.25, -0.2) is 9.37 Å². The van der Waals surface area contributed by atoms with Gasteiger partial charge in [-0.15, -0.1) is 0 Å². The minimum Gasteiger partial charge on any atom is -0.356 e. The summed E-state index contributed by atoms with van der Waals surface area (Å²) >= 11 is 0. The normalized spacial score (nSPS) is 15.2. The molecule has 0 saturated carbocycles. The zero-order valence-electron chi connectivity index (χ0n) is 16.2. The van der Waals surface area contributed by atoms with Gasteiger partial charge in [-0.2, -0.15) is 5.26 Å². The molecule has 0 radical (unpaired) electrons. The summed E-state index contributed by atoms with van der Waals surface area (Å²) in [5.41, 5.74) is 2.05. The number of guanidine groups is 1. The molecule has 146 valence electrons. The van der Waals surface area contributed by atoms with Crippen LogP contribution in [0.5, 0.6) is 0 Å². The summed E-state index contributed by atoms with van der Waals surface area (Å²) in [5, 5.41) is 15.5. The van der Waals surface area contributed by atoms with Gasteiger partial charge in [0, 0.05) is 44.5 Å². The van der Waals surface area contributed by atoms with E-state index in [0.717, 1.165) is 37.3 Å². The fourth-order valence-corrected chi connectivity index (χ4v) is 3.25. The summed E-state index contributed by atoms with van der Waals surface area (Å²) in [4.78, 5) is 11.0. The van der Waals surface area contributed by atoms with Crippen LogP contribution < -0.4 is 15.5 Å². The Morgan fingerprint density at radius 2 is 2.11 bits per heavy atom. The second kappa shape index (κ2) is 9.18. The van der Waals surface area contributed by atoms with Crippen molar-refractivity contribution in [3.05, 3.63) is 59.0 Å². The van der Waals surface area contributed by atoms with E-state index in [0.29, 0.717) is 23.1 Å². The predicted octanol–water partition coefficient (Wildman–Crippen LogP) is 2.73. The van der Waals surface area contributed by atoms with Crippen LogP contribution in [0.3, 0.4) is 0 Å². The monoisotopic (exact) mass is 380 g/mol. The Hall–Kier alpha value is -3.14. The van der Waals surface area contributed by atoms with Crippen molar-refractivity contribution in [2.24, 2.45) is 4.99 Å². The molecule has 0 bridgehead atoms. The van der Waals surface area contributed by atoms with Crippen molar-refractivity contribution < 1.29 is 4.39 Å². The molecule has 0 aliphatic carbocycles. The van der Waals surface area contributed by atoms with Crippen molar-refractivity contribution >= 4 is 11.8 Å². The third kappa shape index (κ3) is 4.97. The third-order valence-electron chi connectivity index (χ3n) is 4.90. The second-order valence-corrected chi connectivity index (χ2v) is 6.94. The topological polar surface area (TPSA) is 76.3 Å². The maximum atomic E-state index is 13.9. The van der Waals surface area contributed by atoms with Crippen molar-refractivity contribution in [3.8, 4) is 6.07 Å². The molecule has 2 N–H and O–H groups in total. The summed E-state index contributed by atoms with van der Waals surface area (Å²) in [6.07, 6.45) is 3.83. The smallest absolute Gasteiger partial charge is 0.191 e. The molecule has 0 amide bonds. The van der Waals surface area contributed by atoms with E-state index in [1.807, 2.05) is 19.2 Å². The highest BCUT2D eigenvalue weighted by atomic mass is 19.1. The maximum Gasteiger partial charge on any atom is 0.191 e. The van der Waals surface area contributed by atoms with Gasteiger partial charge in [0.2, 0.25) is 0 Å². The molecule has 1 aromatic carbocycles. The van der Waals surface area contributed by atoms with Crippen molar-refractivity contribution in [2.45, 2.75) is 32.4 Å². The molecule has 0 atom stereocenters. The number of hydrogen-bond acceptors (Lipinski definition) is 4. The first-order chi connectivity index (χ1) is 13.6. The molecule has 3 rings (SSSR count). The SMILES string of the molecule is CN=C(NCc1cc(C#N)ccc1F)NC1CCN(c2ccc(C)cn2)CC1. The molecule has 0 spiro atoms. The van der Waals surface area contributed by atoms with Crippen molar-refractivity contribution in [2.75, 3.05) is 25.0 Å². The highest BCUT2D eigenvalue weighted by Crippen LogP contribution is 2.18. The number of aryl methyl sites for hydroxylation is 1. The molecule has 6 nitrogen and oxygen atoms in total. The summed E-state index contributed by atoms with van der Waals surface area (Å²) in [5.74, 6) is 1.31. The van der Waals surface area contributed by atoms with Gasteiger partial charge in [-0.05, 0) is 49.6 Å². The van der Waals surface area contributed by atoms with E-state index >= 15 is 0 Å². The molecule has 2 aromatic rings. The van der Waals surface area contributed by atoms with Crippen molar-refractivity contribution in [1.29, 1.82) is 5.26 Å². The zero-order valence-corrected chi connectivity index (χ0v) is 16.2. The first-order valence-corrected chi connectivity index (χ1v) is 9.42. The van der Waals surface area contributed by atoms with E-state index < -0.39 is 0 Å². The first-order valence-electron chi connectivity index (χ1n) is 9.42. The molecule has 28 heavy (non-hydrogen) atoms. The van der Waals surface area contributed by atoms with Crippen LogP contribution in [0.2, 0.25) is 0 Å². The lowest BCUT2D eigenvalue weighted by atomic mass is 10.1. The van der Waals surface area contributed by atoms with Crippen molar-refractivity contribution in [3.63, 3.8) is 0 Å². The fourth-order valence-electron chi connectivity index (χ4n) is 3.25. The number of anilines is 1. The summed E-state index contributed by atoms with van der Waals surface area (Å²) in [6.45, 7) is 4.15. The Morgan fingerprint density at radius 3 is 2.75 bits per heavy atom. The van der Waals surface area contributed by atoms with Gasteiger partial charge in [0.15, 0.2) is 5.96 Å². The third-order valence-corrected chi connectivity index (χ3v) is 4.90. The Kier molecular flexibility index (Phi) is 6.43. The fraction of sp³-hybridized carbons (Fsp3) is 0.381. The zero-order chi connectivity index (χ0) is 19.9. The van der Waals surface area contributed by atoms with E-state index in [1.54, 1.807) is 13.1 Å².